The first-order chi connectivity index (χ1) is 9.24. The van der Waals surface area contributed by atoms with E-state index in [0.717, 1.165) is 17.9 Å². The van der Waals surface area contributed by atoms with Crippen molar-refractivity contribution in [1.29, 1.82) is 0 Å². The van der Waals surface area contributed by atoms with Gasteiger partial charge in [-0.3, -0.25) is 9.20 Å². The maximum atomic E-state index is 11.9. The zero-order valence-corrected chi connectivity index (χ0v) is 12.1. The van der Waals surface area contributed by atoms with Crippen LogP contribution in [0, 0.1) is 0 Å². The molecule has 19 heavy (non-hydrogen) atoms. The van der Waals surface area contributed by atoms with E-state index in [2.05, 4.69) is 23.5 Å². The molecule has 1 N–H and O–H groups in total. The molecule has 2 heterocycles. The first-order valence-corrected chi connectivity index (χ1v) is 7.83. The topological polar surface area (TPSA) is 46.4 Å². The third-order valence-electron chi connectivity index (χ3n) is 3.06. The van der Waals surface area contributed by atoms with Crippen molar-refractivity contribution in [2.24, 2.45) is 0 Å². The third kappa shape index (κ3) is 3.58. The summed E-state index contributed by atoms with van der Waals surface area (Å²) in [6.45, 7) is 2.80. The maximum Gasteiger partial charge on any atom is 0.258 e. The van der Waals surface area contributed by atoms with Gasteiger partial charge in [0.15, 0.2) is 0 Å². The summed E-state index contributed by atoms with van der Waals surface area (Å²) in [5, 5.41) is 3.45. The van der Waals surface area contributed by atoms with E-state index in [-0.39, 0.29) is 5.56 Å². The fourth-order valence-corrected chi connectivity index (χ4v) is 2.72. The quantitative estimate of drug-likeness (QED) is 0.876. The summed E-state index contributed by atoms with van der Waals surface area (Å²) >= 11 is 1.83. The van der Waals surface area contributed by atoms with Crippen molar-refractivity contribution in [2.45, 2.75) is 25.9 Å². The van der Waals surface area contributed by atoms with Gasteiger partial charge in [0.1, 0.15) is 5.65 Å². The second-order valence-corrected chi connectivity index (χ2v) is 5.37. The second-order valence-electron chi connectivity index (χ2n) is 4.46. The normalized spacial score (nSPS) is 12.7. The van der Waals surface area contributed by atoms with Gasteiger partial charge in [0.05, 0.1) is 5.69 Å². The van der Waals surface area contributed by atoms with E-state index < -0.39 is 0 Å². The highest BCUT2D eigenvalue weighted by atomic mass is 32.2. The van der Waals surface area contributed by atoms with Crippen LogP contribution in [0.1, 0.15) is 19.0 Å². The van der Waals surface area contributed by atoms with Crippen LogP contribution in [-0.2, 0) is 6.54 Å². The highest BCUT2D eigenvalue weighted by molar-refractivity contribution is 7.98. The molecule has 0 aliphatic heterocycles. The fourth-order valence-electron chi connectivity index (χ4n) is 1.96. The molecule has 1 unspecified atom stereocenters. The number of fused-ring (bicyclic) bond motifs is 1. The van der Waals surface area contributed by atoms with Gasteiger partial charge in [-0.25, -0.2) is 4.98 Å². The molecule has 0 amide bonds. The Morgan fingerprint density at radius 2 is 2.32 bits per heavy atom. The Labute approximate surface area is 117 Å². The van der Waals surface area contributed by atoms with Crippen molar-refractivity contribution in [3.63, 3.8) is 0 Å². The molecule has 0 aromatic carbocycles. The number of rotatable bonds is 6. The van der Waals surface area contributed by atoms with Gasteiger partial charge < -0.3 is 5.32 Å². The van der Waals surface area contributed by atoms with Gasteiger partial charge in [-0.05, 0) is 24.8 Å². The number of nitrogens with one attached hydrogen (secondary N) is 1. The molecule has 0 radical (unpaired) electrons. The summed E-state index contributed by atoms with van der Waals surface area (Å²) in [7, 11) is 0. The molecule has 0 aliphatic rings. The van der Waals surface area contributed by atoms with Crippen molar-refractivity contribution in [3.8, 4) is 0 Å². The van der Waals surface area contributed by atoms with E-state index in [0.29, 0.717) is 18.2 Å². The van der Waals surface area contributed by atoms with Gasteiger partial charge in [-0.15, -0.1) is 0 Å². The molecule has 4 nitrogen and oxygen atoms in total. The Kier molecular flexibility index (Phi) is 4.99. The summed E-state index contributed by atoms with van der Waals surface area (Å²) in [5.41, 5.74) is 1.47. The summed E-state index contributed by atoms with van der Waals surface area (Å²) in [4.78, 5) is 16.4. The summed E-state index contributed by atoms with van der Waals surface area (Å²) in [6, 6.07) is 7.64. The van der Waals surface area contributed by atoms with Gasteiger partial charge in [-0.1, -0.05) is 13.0 Å². The Morgan fingerprint density at radius 3 is 3.05 bits per heavy atom. The molecule has 0 saturated carbocycles. The Balaban J connectivity index is 2.15. The molecular weight excluding hydrogens is 258 g/mol. The van der Waals surface area contributed by atoms with Gasteiger partial charge in [-0.2, -0.15) is 11.8 Å². The average Bonchev–Trinajstić information content (AvgIpc) is 2.43. The Bertz CT molecular complexity index is 597. The molecule has 2 aromatic rings. The minimum Gasteiger partial charge on any atom is -0.308 e. The van der Waals surface area contributed by atoms with Crippen LogP contribution in [0.5, 0.6) is 0 Å². The number of pyridine rings is 1. The van der Waals surface area contributed by atoms with Crippen LogP contribution in [0.25, 0.3) is 5.65 Å². The minimum absolute atomic E-state index is 0.0275. The number of hydrogen-bond donors (Lipinski definition) is 1. The lowest BCUT2D eigenvalue weighted by atomic mass is 10.2. The lowest BCUT2D eigenvalue weighted by Gasteiger charge is -2.15. The molecule has 0 spiro atoms. The largest absolute Gasteiger partial charge is 0.308 e. The van der Waals surface area contributed by atoms with E-state index in [1.165, 1.54) is 0 Å². The first-order valence-electron chi connectivity index (χ1n) is 6.44. The molecule has 102 valence electrons. The van der Waals surface area contributed by atoms with E-state index in [1.807, 2.05) is 30.0 Å². The minimum atomic E-state index is -0.0275. The SMILES string of the molecule is CCC(CSC)NCc1cc(=O)n2ccccc2n1. The number of thioether (sulfide) groups is 1. The van der Waals surface area contributed by atoms with Gasteiger partial charge in [0, 0.05) is 30.6 Å². The number of nitrogens with zero attached hydrogens (tertiary/aromatic N) is 2. The van der Waals surface area contributed by atoms with Crippen molar-refractivity contribution in [2.75, 3.05) is 12.0 Å². The predicted molar refractivity (Wildman–Crippen MR) is 80.8 cm³/mol. The summed E-state index contributed by atoms with van der Waals surface area (Å²) in [6.07, 6.45) is 4.92. The van der Waals surface area contributed by atoms with Crippen LogP contribution in [0.2, 0.25) is 0 Å². The van der Waals surface area contributed by atoms with Crippen LogP contribution in [0.4, 0.5) is 0 Å². The van der Waals surface area contributed by atoms with Gasteiger partial charge in [0.2, 0.25) is 0 Å². The molecule has 0 aliphatic carbocycles. The number of aromatic nitrogens is 2. The summed E-state index contributed by atoms with van der Waals surface area (Å²) < 4.78 is 1.56. The van der Waals surface area contributed by atoms with Crippen LogP contribution >= 0.6 is 11.8 Å². The summed E-state index contributed by atoms with van der Waals surface area (Å²) in [5.74, 6) is 1.07. The molecule has 1 atom stereocenters. The Hall–Kier alpha value is -1.33. The van der Waals surface area contributed by atoms with E-state index >= 15 is 0 Å². The lowest BCUT2D eigenvalue weighted by molar-refractivity contribution is 0.536. The Morgan fingerprint density at radius 1 is 1.47 bits per heavy atom. The highest BCUT2D eigenvalue weighted by Gasteiger charge is 2.06. The monoisotopic (exact) mass is 277 g/mol. The van der Waals surface area contributed by atoms with Crippen LogP contribution in [-0.4, -0.2) is 27.4 Å². The zero-order valence-electron chi connectivity index (χ0n) is 11.3. The van der Waals surface area contributed by atoms with Crippen molar-refractivity contribution >= 4 is 17.4 Å². The van der Waals surface area contributed by atoms with Gasteiger partial charge in [0.25, 0.3) is 5.56 Å². The predicted octanol–water partition coefficient (Wildman–Crippen LogP) is 1.93. The maximum absolute atomic E-state index is 11.9. The molecule has 5 heteroatoms. The van der Waals surface area contributed by atoms with E-state index in [9.17, 15) is 4.79 Å². The molecule has 0 bridgehead atoms. The molecule has 0 fully saturated rings. The average molecular weight is 277 g/mol. The van der Waals surface area contributed by atoms with Crippen LogP contribution in [0.3, 0.4) is 0 Å². The lowest BCUT2D eigenvalue weighted by Crippen LogP contribution is -2.31. The first kappa shape index (κ1) is 14.1. The van der Waals surface area contributed by atoms with Crippen molar-refractivity contribution in [1.82, 2.24) is 14.7 Å². The zero-order chi connectivity index (χ0) is 13.7. The van der Waals surface area contributed by atoms with Crippen LogP contribution < -0.4 is 10.9 Å². The fraction of sp³-hybridized carbons (Fsp3) is 0.429. The van der Waals surface area contributed by atoms with Crippen LogP contribution in [0.15, 0.2) is 35.3 Å². The number of hydrogen-bond acceptors (Lipinski definition) is 4. The van der Waals surface area contributed by atoms with E-state index in [4.69, 9.17) is 0 Å². The third-order valence-corrected chi connectivity index (χ3v) is 3.79. The standard InChI is InChI=1S/C14H19N3OS/c1-3-11(10-19-2)15-9-12-8-14(18)17-7-5-4-6-13(17)16-12/h4-8,11,15H,3,9-10H2,1-2H3. The molecule has 2 aromatic heterocycles. The van der Waals surface area contributed by atoms with Gasteiger partial charge >= 0.3 is 0 Å². The van der Waals surface area contributed by atoms with Crippen molar-refractivity contribution in [3.05, 3.63) is 46.5 Å². The highest BCUT2D eigenvalue weighted by Crippen LogP contribution is 2.03. The molecular formula is C14H19N3OS. The molecule has 0 saturated heterocycles. The second kappa shape index (κ2) is 6.73. The molecule has 2 rings (SSSR count). The van der Waals surface area contributed by atoms with E-state index in [1.54, 1.807) is 16.7 Å². The van der Waals surface area contributed by atoms with Crippen molar-refractivity contribution < 1.29 is 0 Å². The smallest absolute Gasteiger partial charge is 0.258 e.